The number of para-hydroxylation sites is 1. The van der Waals surface area contributed by atoms with E-state index in [1.54, 1.807) is 6.08 Å². The van der Waals surface area contributed by atoms with Crippen LogP contribution in [0.3, 0.4) is 0 Å². The molecule has 5 nitrogen and oxygen atoms in total. The third kappa shape index (κ3) is 3.20. The third-order valence-corrected chi connectivity index (χ3v) is 5.41. The van der Waals surface area contributed by atoms with Crippen molar-refractivity contribution in [1.82, 2.24) is 9.88 Å². The van der Waals surface area contributed by atoms with Crippen LogP contribution < -0.4 is 5.32 Å². The van der Waals surface area contributed by atoms with Crippen LogP contribution in [0.5, 0.6) is 0 Å². The molecule has 0 unspecified atom stereocenters. The van der Waals surface area contributed by atoms with Gasteiger partial charge in [0, 0.05) is 29.2 Å². The number of nitrogens with zero attached hydrogens (tertiary/aromatic N) is 1. The van der Waals surface area contributed by atoms with Crippen molar-refractivity contribution in [2.45, 2.75) is 13.0 Å². The topological polar surface area (TPSA) is 68.2 Å². The Morgan fingerprint density at radius 2 is 1.67 bits per heavy atom. The second-order valence-electron chi connectivity index (χ2n) is 7.45. The van der Waals surface area contributed by atoms with Crippen molar-refractivity contribution in [3.63, 3.8) is 0 Å². The summed E-state index contributed by atoms with van der Waals surface area (Å²) in [4.78, 5) is 35.8. The van der Waals surface area contributed by atoms with E-state index < -0.39 is 17.6 Å². The zero-order chi connectivity index (χ0) is 20.7. The molecular formula is C25H18N2O3. The second-order valence-corrected chi connectivity index (χ2v) is 7.45. The smallest absolute Gasteiger partial charge is 0.261 e. The van der Waals surface area contributed by atoms with Crippen molar-refractivity contribution in [2.24, 2.45) is 0 Å². The maximum Gasteiger partial charge on any atom is 0.261 e. The lowest BCUT2D eigenvalue weighted by molar-refractivity contribution is -0.134. The lowest BCUT2D eigenvalue weighted by Gasteiger charge is -2.12. The highest BCUT2D eigenvalue weighted by Gasteiger charge is 2.28. The lowest BCUT2D eigenvalue weighted by Crippen LogP contribution is -2.40. The number of hydrogen-bond acceptors (Lipinski definition) is 3. The van der Waals surface area contributed by atoms with Crippen molar-refractivity contribution >= 4 is 45.3 Å². The summed E-state index contributed by atoms with van der Waals surface area (Å²) >= 11 is 0. The molecule has 1 aliphatic rings. The van der Waals surface area contributed by atoms with Gasteiger partial charge in [-0.25, -0.2) is 0 Å². The maximum absolute atomic E-state index is 12.2. The summed E-state index contributed by atoms with van der Waals surface area (Å²) < 4.78 is 2.11. The van der Waals surface area contributed by atoms with Gasteiger partial charge in [0.25, 0.3) is 5.91 Å². The molecule has 3 aromatic carbocycles. The predicted octanol–water partition coefficient (Wildman–Crippen LogP) is 3.84. The Kier molecular flexibility index (Phi) is 4.29. The largest absolute Gasteiger partial charge is 0.342 e. The van der Waals surface area contributed by atoms with E-state index in [2.05, 4.69) is 40.2 Å². The van der Waals surface area contributed by atoms with Gasteiger partial charge < -0.3 is 4.57 Å². The average Bonchev–Trinajstić information content (AvgIpc) is 3.08. The van der Waals surface area contributed by atoms with Gasteiger partial charge in [-0.05, 0) is 34.5 Å². The Morgan fingerprint density at radius 3 is 2.50 bits per heavy atom. The van der Waals surface area contributed by atoms with Crippen LogP contribution in [-0.2, 0) is 20.9 Å². The molecule has 0 spiro atoms. The van der Waals surface area contributed by atoms with Crippen LogP contribution in [0.25, 0.3) is 27.8 Å². The van der Waals surface area contributed by atoms with Crippen molar-refractivity contribution in [1.29, 1.82) is 0 Å². The van der Waals surface area contributed by atoms with Gasteiger partial charge in [-0.3, -0.25) is 19.7 Å². The van der Waals surface area contributed by atoms with Crippen LogP contribution in [0.4, 0.5) is 0 Å². The summed E-state index contributed by atoms with van der Waals surface area (Å²) in [5, 5.41) is 5.54. The first-order valence-corrected chi connectivity index (χ1v) is 9.73. The second kappa shape index (κ2) is 7.12. The standard InChI is InChI=1S/C25H18N2O3/c28-23-13-24(29)26-25(30)21(23)12-19-15-27(22-8-4-3-7-20(19)22)14-16-9-10-17-5-1-2-6-18(17)11-16/h1-12,15H,13-14H2,(H,26,29,30)/b21-12-. The van der Waals surface area contributed by atoms with Gasteiger partial charge in [-0.1, -0.05) is 54.6 Å². The Hall–Kier alpha value is -3.99. The molecule has 1 aromatic heterocycles. The molecule has 5 heteroatoms. The van der Waals surface area contributed by atoms with E-state index in [-0.39, 0.29) is 12.0 Å². The highest BCUT2D eigenvalue weighted by molar-refractivity contribution is 6.32. The van der Waals surface area contributed by atoms with Gasteiger partial charge in [0.05, 0.1) is 12.0 Å². The molecule has 5 rings (SSSR count). The first kappa shape index (κ1) is 18.1. The fourth-order valence-electron chi connectivity index (χ4n) is 3.96. The zero-order valence-electron chi connectivity index (χ0n) is 16.1. The number of hydrogen-bond donors (Lipinski definition) is 1. The number of imide groups is 1. The molecule has 1 saturated heterocycles. The fourth-order valence-corrected chi connectivity index (χ4v) is 3.96. The van der Waals surface area contributed by atoms with E-state index >= 15 is 0 Å². The minimum Gasteiger partial charge on any atom is -0.342 e. The number of benzene rings is 3. The molecule has 2 amide bonds. The van der Waals surface area contributed by atoms with E-state index in [0.29, 0.717) is 6.54 Å². The quantitative estimate of drug-likeness (QED) is 0.248. The van der Waals surface area contributed by atoms with Crippen LogP contribution in [0.15, 0.2) is 78.5 Å². The molecule has 1 N–H and O–H groups in total. The zero-order valence-corrected chi connectivity index (χ0v) is 16.1. The number of piperidine rings is 1. The Balaban J connectivity index is 1.57. The Morgan fingerprint density at radius 1 is 0.900 bits per heavy atom. The molecule has 1 aliphatic heterocycles. The van der Waals surface area contributed by atoms with Gasteiger partial charge in [0.15, 0.2) is 5.78 Å². The monoisotopic (exact) mass is 394 g/mol. The molecule has 2 heterocycles. The molecule has 146 valence electrons. The van der Waals surface area contributed by atoms with E-state index in [4.69, 9.17) is 0 Å². The number of ketones is 1. The maximum atomic E-state index is 12.2. The molecule has 4 aromatic rings. The van der Waals surface area contributed by atoms with Gasteiger partial charge in [0.2, 0.25) is 5.91 Å². The molecule has 1 fully saturated rings. The van der Waals surface area contributed by atoms with Gasteiger partial charge in [-0.15, -0.1) is 0 Å². The van der Waals surface area contributed by atoms with E-state index in [1.165, 1.54) is 10.8 Å². The van der Waals surface area contributed by atoms with Crippen LogP contribution in [0, 0.1) is 0 Å². The minimum atomic E-state index is -0.636. The normalized spacial score (nSPS) is 15.9. The van der Waals surface area contributed by atoms with E-state index in [9.17, 15) is 14.4 Å². The predicted molar refractivity (Wildman–Crippen MR) is 116 cm³/mol. The van der Waals surface area contributed by atoms with Gasteiger partial charge in [-0.2, -0.15) is 0 Å². The lowest BCUT2D eigenvalue weighted by atomic mass is 10.0. The van der Waals surface area contributed by atoms with Crippen molar-refractivity contribution in [3.05, 3.63) is 89.6 Å². The summed E-state index contributed by atoms with van der Waals surface area (Å²) in [7, 11) is 0. The fraction of sp³-hybridized carbons (Fsp3) is 0.0800. The SMILES string of the molecule is O=C1CC(=O)/C(=C/c2cn(Cc3ccc4ccccc4c3)c3ccccc23)C(=O)N1. The molecule has 0 atom stereocenters. The van der Waals surface area contributed by atoms with Gasteiger partial charge in [0.1, 0.15) is 0 Å². The van der Waals surface area contributed by atoms with Crippen LogP contribution in [0.1, 0.15) is 17.5 Å². The number of carbonyl (C=O) groups is 3. The number of Topliss-reactive ketones (excluding diaryl/α,β-unsaturated/α-hetero) is 1. The summed E-state index contributed by atoms with van der Waals surface area (Å²) in [5.41, 5.74) is 2.96. The number of carbonyl (C=O) groups excluding carboxylic acids is 3. The Labute approximate surface area is 172 Å². The molecule has 0 bridgehead atoms. The minimum absolute atomic E-state index is 0.0169. The van der Waals surface area contributed by atoms with Gasteiger partial charge >= 0.3 is 0 Å². The molecular weight excluding hydrogens is 376 g/mol. The Bertz CT molecular complexity index is 1360. The van der Waals surface area contributed by atoms with Crippen molar-refractivity contribution in [2.75, 3.05) is 0 Å². The number of amides is 2. The molecule has 30 heavy (non-hydrogen) atoms. The first-order chi connectivity index (χ1) is 14.6. The average molecular weight is 394 g/mol. The van der Waals surface area contributed by atoms with Crippen LogP contribution in [-0.4, -0.2) is 22.2 Å². The number of fused-ring (bicyclic) bond motifs is 2. The highest BCUT2D eigenvalue weighted by atomic mass is 16.2. The molecule has 0 radical (unpaired) electrons. The third-order valence-electron chi connectivity index (χ3n) is 5.41. The van der Waals surface area contributed by atoms with Crippen molar-refractivity contribution < 1.29 is 14.4 Å². The first-order valence-electron chi connectivity index (χ1n) is 9.73. The summed E-state index contributed by atoms with van der Waals surface area (Å²) in [6.07, 6.45) is 3.24. The number of aromatic nitrogens is 1. The summed E-state index contributed by atoms with van der Waals surface area (Å²) in [6, 6.07) is 22.5. The highest BCUT2D eigenvalue weighted by Crippen LogP contribution is 2.26. The molecule has 0 saturated carbocycles. The number of nitrogens with one attached hydrogen (secondary N) is 1. The van der Waals surface area contributed by atoms with Crippen LogP contribution in [0.2, 0.25) is 0 Å². The van der Waals surface area contributed by atoms with Crippen molar-refractivity contribution in [3.8, 4) is 0 Å². The van der Waals surface area contributed by atoms with E-state index in [1.807, 2.05) is 42.6 Å². The van der Waals surface area contributed by atoms with Crippen LogP contribution >= 0.6 is 0 Å². The summed E-state index contributed by atoms with van der Waals surface area (Å²) in [6.45, 7) is 0.660. The molecule has 0 aliphatic carbocycles. The summed E-state index contributed by atoms with van der Waals surface area (Å²) in [5.74, 6) is -1.64. The number of rotatable bonds is 3. The van der Waals surface area contributed by atoms with E-state index in [0.717, 1.165) is 22.0 Å².